The number of anilines is 1. The molecule has 0 aliphatic rings. The monoisotopic (exact) mass is 320 g/mol. The van der Waals surface area contributed by atoms with Crippen LogP contribution < -0.4 is 11.1 Å². The number of rotatable bonds is 3. The van der Waals surface area contributed by atoms with E-state index in [-0.39, 0.29) is 12.2 Å². The van der Waals surface area contributed by atoms with E-state index in [9.17, 15) is 9.59 Å². The third-order valence-corrected chi connectivity index (χ3v) is 2.37. The first kappa shape index (κ1) is 18.2. The van der Waals surface area contributed by atoms with Crippen LogP contribution in [-0.4, -0.2) is 40.8 Å². The normalized spacial score (nSPS) is 11.7. The van der Waals surface area contributed by atoms with Crippen LogP contribution in [0.3, 0.4) is 0 Å². The fourth-order valence-corrected chi connectivity index (χ4v) is 1.43. The fraction of sp³-hybridized carbons (Fsp3) is 0.467. The molecule has 0 aliphatic carbocycles. The highest BCUT2D eigenvalue weighted by Crippen LogP contribution is 2.07. The Labute approximate surface area is 134 Å². The molecule has 3 N–H and O–H groups in total. The number of hydrogen-bond donors (Lipinski definition) is 2. The van der Waals surface area contributed by atoms with Gasteiger partial charge in [0.1, 0.15) is 23.2 Å². The number of hydrogen-bond acceptors (Lipinski definition) is 7. The summed E-state index contributed by atoms with van der Waals surface area (Å²) in [6, 6.07) is -0.941. The zero-order chi connectivity index (χ0) is 17.5. The summed E-state index contributed by atoms with van der Waals surface area (Å²) in [5, 5.41) is 2.43. The number of nitrogens with two attached hydrogens (primary N) is 1. The molecule has 0 saturated heterocycles. The zero-order valence-electron chi connectivity index (χ0n) is 13.5. The summed E-state index contributed by atoms with van der Waals surface area (Å²) in [5.41, 5.74) is 5.15. The van der Waals surface area contributed by atoms with E-state index in [0.717, 1.165) is 0 Å². The van der Waals surface area contributed by atoms with Gasteiger partial charge in [-0.15, -0.1) is 0 Å². The second kappa shape index (κ2) is 7.98. The lowest BCUT2D eigenvalue weighted by atomic mass is 10.2. The lowest BCUT2D eigenvalue weighted by Gasteiger charge is -2.21. The van der Waals surface area contributed by atoms with Gasteiger partial charge in [-0.3, -0.25) is 0 Å². The minimum atomic E-state index is -0.941. The highest BCUT2D eigenvalue weighted by atomic mass is 16.6. The number of alkyl carbamates (subject to hydrolysis) is 1. The summed E-state index contributed by atoms with van der Waals surface area (Å²) in [5.74, 6) is 5.13. The smallest absolute Gasteiger partial charge is 0.408 e. The molecule has 1 unspecified atom stereocenters. The van der Waals surface area contributed by atoms with Gasteiger partial charge in [0, 0.05) is 6.42 Å². The maximum absolute atomic E-state index is 11.7. The van der Waals surface area contributed by atoms with Gasteiger partial charge < -0.3 is 20.5 Å². The summed E-state index contributed by atoms with van der Waals surface area (Å²) in [6.45, 7) is 5.16. The molecule has 1 rings (SSSR count). The van der Waals surface area contributed by atoms with Crippen molar-refractivity contribution in [2.24, 2.45) is 0 Å². The predicted octanol–water partition coefficient (Wildman–Crippen LogP) is 0.867. The molecule has 1 aromatic heterocycles. The number of methoxy groups -OCH3 is 1. The Morgan fingerprint density at radius 1 is 1.35 bits per heavy atom. The standard InChI is InChI=1S/C15H20N4O4/c1-15(2,3)23-14(21)19-11(13(20)22-4)7-5-6-10-8-18-12(16)9-17-10/h8-9,11H,7H2,1-4H3,(H2,16,18)(H,19,21). The fourth-order valence-electron chi connectivity index (χ4n) is 1.43. The number of carbonyl (C=O) groups excluding carboxylic acids is 2. The quantitative estimate of drug-likeness (QED) is 0.627. The number of nitrogen functional groups attached to an aromatic ring is 1. The van der Waals surface area contributed by atoms with Crippen LogP contribution in [0.4, 0.5) is 10.6 Å². The number of amides is 1. The van der Waals surface area contributed by atoms with Crippen LogP contribution >= 0.6 is 0 Å². The Kier molecular flexibility index (Phi) is 6.33. The third-order valence-electron chi connectivity index (χ3n) is 2.37. The topological polar surface area (TPSA) is 116 Å². The molecule has 1 heterocycles. The largest absolute Gasteiger partial charge is 0.467 e. The summed E-state index contributed by atoms with van der Waals surface area (Å²) >= 11 is 0. The molecular formula is C15H20N4O4. The van der Waals surface area contributed by atoms with Gasteiger partial charge in [-0.05, 0) is 26.7 Å². The van der Waals surface area contributed by atoms with Crippen LogP contribution in [0.5, 0.6) is 0 Å². The van der Waals surface area contributed by atoms with E-state index in [1.165, 1.54) is 19.5 Å². The van der Waals surface area contributed by atoms with Crippen molar-refractivity contribution in [2.75, 3.05) is 12.8 Å². The van der Waals surface area contributed by atoms with Crippen molar-refractivity contribution in [3.63, 3.8) is 0 Å². The van der Waals surface area contributed by atoms with Crippen molar-refractivity contribution < 1.29 is 19.1 Å². The number of esters is 1. The van der Waals surface area contributed by atoms with Crippen LogP contribution in [0.25, 0.3) is 0 Å². The molecule has 23 heavy (non-hydrogen) atoms. The second-order valence-electron chi connectivity index (χ2n) is 5.55. The zero-order valence-corrected chi connectivity index (χ0v) is 13.5. The molecule has 0 radical (unpaired) electrons. The molecule has 0 saturated carbocycles. The summed E-state index contributed by atoms with van der Waals surface area (Å²) < 4.78 is 9.74. The average Bonchev–Trinajstić information content (AvgIpc) is 2.45. The van der Waals surface area contributed by atoms with Crippen molar-refractivity contribution in [3.8, 4) is 11.8 Å². The number of nitrogens with zero attached hydrogens (tertiary/aromatic N) is 2. The van der Waals surface area contributed by atoms with E-state index in [1.807, 2.05) is 0 Å². The number of carbonyl (C=O) groups is 2. The molecule has 1 aromatic rings. The van der Waals surface area contributed by atoms with E-state index in [4.69, 9.17) is 10.5 Å². The van der Waals surface area contributed by atoms with Crippen molar-refractivity contribution in [3.05, 3.63) is 18.1 Å². The van der Waals surface area contributed by atoms with Gasteiger partial charge in [0.15, 0.2) is 0 Å². The first-order valence-corrected chi connectivity index (χ1v) is 6.85. The van der Waals surface area contributed by atoms with Gasteiger partial charge in [0.25, 0.3) is 0 Å². The third kappa shape index (κ3) is 7.13. The van der Waals surface area contributed by atoms with Crippen molar-refractivity contribution in [2.45, 2.75) is 38.8 Å². The van der Waals surface area contributed by atoms with Crippen LogP contribution in [0.1, 0.15) is 32.9 Å². The predicted molar refractivity (Wildman–Crippen MR) is 83.1 cm³/mol. The first-order chi connectivity index (χ1) is 10.7. The molecular weight excluding hydrogens is 300 g/mol. The van der Waals surface area contributed by atoms with Crippen molar-refractivity contribution >= 4 is 17.9 Å². The maximum Gasteiger partial charge on any atom is 0.408 e. The average molecular weight is 320 g/mol. The Morgan fingerprint density at radius 2 is 2.04 bits per heavy atom. The maximum atomic E-state index is 11.7. The number of nitrogens with one attached hydrogen (secondary N) is 1. The Hall–Kier alpha value is -2.82. The molecule has 1 amide bonds. The molecule has 0 aliphatic heterocycles. The van der Waals surface area contributed by atoms with Gasteiger partial charge in [-0.1, -0.05) is 5.92 Å². The molecule has 124 valence electrons. The summed E-state index contributed by atoms with van der Waals surface area (Å²) in [4.78, 5) is 31.2. The molecule has 0 aromatic carbocycles. The van der Waals surface area contributed by atoms with Crippen molar-refractivity contribution in [1.29, 1.82) is 0 Å². The highest BCUT2D eigenvalue weighted by molar-refractivity contribution is 5.81. The Morgan fingerprint density at radius 3 is 2.57 bits per heavy atom. The molecule has 1 atom stereocenters. The van der Waals surface area contributed by atoms with Crippen molar-refractivity contribution in [1.82, 2.24) is 15.3 Å². The summed E-state index contributed by atoms with van der Waals surface area (Å²) in [7, 11) is 1.23. The van der Waals surface area contributed by atoms with Crippen LogP contribution in [0.2, 0.25) is 0 Å². The summed E-state index contributed by atoms with van der Waals surface area (Å²) in [6.07, 6.45) is 2.11. The van der Waals surface area contributed by atoms with Crippen LogP contribution in [0, 0.1) is 11.8 Å². The minimum absolute atomic E-state index is 0.0397. The van der Waals surface area contributed by atoms with Gasteiger partial charge in [-0.25, -0.2) is 19.6 Å². The first-order valence-electron chi connectivity index (χ1n) is 6.85. The van der Waals surface area contributed by atoms with E-state index in [0.29, 0.717) is 5.69 Å². The minimum Gasteiger partial charge on any atom is -0.467 e. The Bertz CT molecular complexity index is 611. The molecule has 0 spiro atoms. The number of ether oxygens (including phenoxy) is 2. The van der Waals surface area contributed by atoms with E-state index in [1.54, 1.807) is 20.8 Å². The van der Waals surface area contributed by atoms with Crippen LogP contribution in [0.15, 0.2) is 12.4 Å². The van der Waals surface area contributed by atoms with Gasteiger partial charge >= 0.3 is 12.1 Å². The van der Waals surface area contributed by atoms with Crippen LogP contribution in [-0.2, 0) is 14.3 Å². The highest BCUT2D eigenvalue weighted by Gasteiger charge is 2.24. The second-order valence-corrected chi connectivity index (χ2v) is 5.55. The molecule has 0 bridgehead atoms. The number of aromatic nitrogens is 2. The molecule has 0 fully saturated rings. The Balaban J connectivity index is 2.71. The molecule has 8 heteroatoms. The SMILES string of the molecule is COC(=O)C(CC#Cc1cnc(N)cn1)NC(=O)OC(C)(C)C. The van der Waals surface area contributed by atoms with Gasteiger partial charge in [-0.2, -0.15) is 0 Å². The lowest BCUT2D eigenvalue weighted by molar-refractivity contribution is -0.143. The van der Waals surface area contributed by atoms with E-state index in [2.05, 4.69) is 31.9 Å². The van der Waals surface area contributed by atoms with Gasteiger partial charge in [0.2, 0.25) is 0 Å². The lowest BCUT2D eigenvalue weighted by Crippen LogP contribution is -2.43. The van der Waals surface area contributed by atoms with Gasteiger partial charge in [0.05, 0.1) is 19.5 Å². The van der Waals surface area contributed by atoms with E-state index < -0.39 is 23.7 Å². The molecule has 8 nitrogen and oxygen atoms in total. The van der Waals surface area contributed by atoms with E-state index >= 15 is 0 Å².